The van der Waals surface area contributed by atoms with Crippen LogP contribution in [0.2, 0.25) is 0 Å². The van der Waals surface area contributed by atoms with Crippen LogP contribution in [-0.4, -0.2) is 39.7 Å². The van der Waals surface area contributed by atoms with Gasteiger partial charge in [0.15, 0.2) is 23.1 Å². The highest BCUT2D eigenvalue weighted by atomic mass is 19.1. The molecular weight excluding hydrogens is 558 g/mol. The number of benzene rings is 2. The van der Waals surface area contributed by atoms with E-state index in [1.807, 2.05) is 6.92 Å². The van der Waals surface area contributed by atoms with E-state index in [0.29, 0.717) is 45.8 Å². The lowest BCUT2D eigenvalue weighted by Crippen LogP contribution is -2.16. The number of aromatic hydroxyl groups is 1. The van der Waals surface area contributed by atoms with Gasteiger partial charge in [-0.15, -0.1) is 0 Å². The smallest absolute Gasteiger partial charge is 0.261 e. The molecule has 9 nitrogen and oxygen atoms in total. The molecule has 0 saturated heterocycles. The first kappa shape index (κ1) is 29.2. The Morgan fingerprint density at radius 3 is 2.44 bits per heavy atom. The average Bonchev–Trinajstić information content (AvgIpc) is 2.95. The second-order valence-corrected chi connectivity index (χ2v) is 9.65. The zero-order valence-electron chi connectivity index (χ0n) is 24.1. The van der Waals surface area contributed by atoms with Crippen molar-refractivity contribution < 1.29 is 32.9 Å². The molecule has 5 aromatic rings. The SMILES string of the molecule is CCOc1nc2c(Oc3ccc(NC(=O)c4c(C)nc(C)c(-c5ccc(F)cc5C)c4O)cc3F)ccnc2cc1OC. The monoisotopic (exact) mass is 586 g/mol. The summed E-state index contributed by atoms with van der Waals surface area (Å²) in [5, 5.41) is 13.8. The van der Waals surface area contributed by atoms with Crippen LogP contribution in [0.4, 0.5) is 14.5 Å². The molecule has 0 aliphatic carbocycles. The van der Waals surface area contributed by atoms with Crippen LogP contribution in [-0.2, 0) is 0 Å². The fraction of sp³-hybridized carbons (Fsp3) is 0.188. The van der Waals surface area contributed by atoms with E-state index in [9.17, 15) is 14.3 Å². The first-order valence-corrected chi connectivity index (χ1v) is 13.3. The van der Waals surface area contributed by atoms with Gasteiger partial charge in [-0.05, 0) is 63.1 Å². The molecular formula is C32H28F2N4O5. The molecule has 11 heteroatoms. The van der Waals surface area contributed by atoms with Crippen molar-refractivity contribution in [1.82, 2.24) is 15.0 Å². The number of aryl methyl sites for hydroxylation is 3. The van der Waals surface area contributed by atoms with Crippen LogP contribution in [0.1, 0.15) is 34.2 Å². The molecule has 0 unspecified atom stereocenters. The molecule has 0 bridgehead atoms. The zero-order valence-corrected chi connectivity index (χ0v) is 24.1. The largest absolute Gasteiger partial charge is 0.506 e. The lowest BCUT2D eigenvalue weighted by Gasteiger charge is -2.17. The molecule has 2 N–H and O–H groups in total. The number of anilines is 1. The molecule has 43 heavy (non-hydrogen) atoms. The third-order valence-corrected chi connectivity index (χ3v) is 6.74. The topological polar surface area (TPSA) is 116 Å². The second kappa shape index (κ2) is 11.9. The van der Waals surface area contributed by atoms with Crippen molar-refractivity contribution in [3.63, 3.8) is 0 Å². The number of hydrogen-bond donors (Lipinski definition) is 2. The fourth-order valence-electron chi connectivity index (χ4n) is 4.79. The highest BCUT2D eigenvalue weighted by molar-refractivity contribution is 6.08. The van der Waals surface area contributed by atoms with Crippen molar-refractivity contribution in [1.29, 1.82) is 0 Å². The van der Waals surface area contributed by atoms with Crippen molar-refractivity contribution >= 4 is 22.6 Å². The Hall–Kier alpha value is -5.32. The number of nitrogens with one attached hydrogen (secondary N) is 1. The van der Waals surface area contributed by atoms with Gasteiger partial charge in [-0.1, -0.05) is 6.07 Å². The summed E-state index contributed by atoms with van der Waals surface area (Å²) in [5.74, 6) is -1.42. The second-order valence-electron chi connectivity index (χ2n) is 9.65. The van der Waals surface area contributed by atoms with Crippen LogP contribution in [0.25, 0.3) is 22.2 Å². The van der Waals surface area contributed by atoms with E-state index in [4.69, 9.17) is 14.2 Å². The van der Waals surface area contributed by atoms with Crippen LogP contribution in [0.5, 0.6) is 28.9 Å². The summed E-state index contributed by atoms with van der Waals surface area (Å²) in [6, 6.07) is 11.2. The van der Waals surface area contributed by atoms with Crippen LogP contribution >= 0.6 is 0 Å². The Morgan fingerprint density at radius 2 is 1.74 bits per heavy atom. The Kier molecular flexibility index (Phi) is 8.07. The Morgan fingerprint density at radius 1 is 0.953 bits per heavy atom. The number of aromatic nitrogens is 3. The van der Waals surface area contributed by atoms with Crippen LogP contribution in [0.15, 0.2) is 54.7 Å². The van der Waals surface area contributed by atoms with E-state index in [1.54, 1.807) is 32.9 Å². The van der Waals surface area contributed by atoms with Crippen LogP contribution in [0.3, 0.4) is 0 Å². The summed E-state index contributed by atoms with van der Waals surface area (Å²) >= 11 is 0. The molecule has 1 amide bonds. The lowest BCUT2D eigenvalue weighted by atomic mass is 9.95. The summed E-state index contributed by atoms with van der Waals surface area (Å²) in [7, 11) is 1.49. The number of halogens is 2. The molecule has 3 heterocycles. The van der Waals surface area contributed by atoms with Crippen molar-refractivity contribution in [3.8, 4) is 40.0 Å². The maximum Gasteiger partial charge on any atom is 0.261 e. The van der Waals surface area contributed by atoms with Crippen molar-refractivity contribution in [2.75, 3.05) is 19.0 Å². The van der Waals surface area contributed by atoms with E-state index in [-0.39, 0.29) is 40.1 Å². The summed E-state index contributed by atoms with van der Waals surface area (Å²) in [6.07, 6.45) is 1.50. The Balaban J connectivity index is 1.43. The highest BCUT2D eigenvalue weighted by Gasteiger charge is 2.24. The van der Waals surface area contributed by atoms with E-state index >= 15 is 4.39 Å². The maximum absolute atomic E-state index is 15.2. The molecule has 3 aromatic heterocycles. The molecule has 220 valence electrons. The molecule has 0 fully saturated rings. The van der Waals surface area contributed by atoms with Crippen molar-refractivity contribution in [3.05, 3.63) is 88.9 Å². The van der Waals surface area contributed by atoms with Gasteiger partial charge >= 0.3 is 0 Å². The minimum atomic E-state index is -0.757. The fourth-order valence-corrected chi connectivity index (χ4v) is 4.79. The number of amides is 1. The normalized spacial score (nSPS) is 11.0. The van der Waals surface area contributed by atoms with E-state index in [2.05, 4.69) is 20.3 Å². The minimum Gasteiger partial charge on any atom is -0.506 e. The number of ether oxygens (including phenoxy) is 3. The molecule has 0 saturated carbocycles. The number of nitrogens with zero attached hydrogens (tertiary/aromatic N) is 3. The van der Waals surface area contributed by atoms with Gasteiger partial charge in [-0.25, -0.2) is 13.8 Å². The lowest BCUT2D eigenvalue weighted by molar-refractivity contribution is 0.102. The molecule has 0 aliphatic heterocycles. The molecule has 0 radical (unpaired) electrons. The average molecular weight is 587 g/mol. The van der Waals surface area contributed by atoms with Gasteiger partial charge in [0.05, 0.1) is 24.9 Å². The van der Waals surface area contributed by atoms with Crippen molar-refractivity contribution in [2.24, 2.45) is 0 Å². The van der Waals surface area contributed by atoms with Gasteiger partial charge in [-0.2, -0.15) is 0 Å². The number of carbonyl (C=O) groups is 1. The van der Waals surface area contributed by atoms with E-state index in [0.717, 1.165) is 6.07 Å². The van der Waals surface area contributed by atoms with Gasteiger partial charge in [0, 0.05) is 41.3 Å². The number of carbonyl (C=O) groups excluding carboxylic acids is 1. The van der Waals surface area contributed by atoms with Gasteiger partial charge in [0.25, 0.3) is 11.8 Å². The van der Waals surface area contributed by atoms with Crippen LogP contribution in [0, 0.1) is 32.4 Å². The quantitative estimate of drug-likeness (QED) is 0.199. The predicted molar refractivity (Wildman–Crippen MR) is 157 cm³/mol. The number of rotatable bonds is 8. The molecule has 5 rings (SSSR count). The highest BCUT2D eigenvalue weighted by Crippen LogP contribution is 2.39. The molecule has 0 atom stereocenters. The van der Waals surface area contributed by atoms with Gasteiger partial charge in [0.1, 0.15) is 22.6 Å². The first-order valence-electron chi connectivity index (χ1n) is 13.3. The number of methoxy groups -OCH3 is 1. The molecule has 0 aliphatic rings. The summed E-state index contributed by atoms with van der Waals surface area (Å²) in [5.41, 5.74) is 3.00. The number of hydrogen-bond acceptors (Lipinski definition) is 8. The zero-order chi connectivity index (χ0) is 30.8. The minimum absolute atomic E-state index is 0.0834. The molecule has 0 spiro atoms. The van der Waals surface area contributed by atoms with Gasteiger partial charge in [0.2, 0.25) is 0 Å². The third kappa shape index (κ3) is 5.74. The summed E-state index contributed by atoms with van der Waals surface area (Å²) < 4.78 is 45.7. The first-order chi connectivity index (χ1) is 20.6. The standard InChI is InChI=1S/C32H28F2N4O5/c1-6-42-32-26(41-5)15-23-29(38-32)25(11-12-35-23)43-24-10-8-20(14-22(24)34)37-31(40)28-18(4)36-17(3)27(30(28)39)21-9-7-19(33)13-16(21)2/h7-15H,6H2,1-5H3,(H,36,39)(H,37,40). The van der Waals surface area contributed by atoms with Crippen LogP contribution < -0.4 is 19.5 Å². The van der Waals surface area contributed by atoms with E-state index in [1.165, 1.54) is 43.6 Å². The number of pyridine rings is 3. The third-order valence-electron chi connectivity index (χ3n) is 6.74. The van der Waals surface area contributed by atoms with E-state index < -0.39 is 17.5 Å². The Bertz CT molecular complexity index is 1880. The predicted octanol–water partition coefficient (Wildman–Crippen LogP) is 7.05. The summed E-state index contributed by atoms with van der Waals surface area (Å²) in [6.45, 7) is 7.14. The van der Waals surface area contributed by atoms with Crippen molar-refractivity contribution in [2.45, 2.75) is 27.7 Å². The van der Waals surface area contributed by atoms with Gasteiger partial charge in [-0.3, -0.25) is 14.8 Å². The maximum atomic E-state index is 15.2. The summed E-state index contributed by atoms with van der Waals surface area (Å²) in [4.78, 5) is 26.5. The Labute approximate surface area is 246 Å². The molecule has 2 aromatic carbocycles. The number of fused-ring (bicyclic) bond motifs is 1. The van der Waals surface area contributed by atoms with Gasteiger partial charge < -0.3 is 24.6 Å².